The number of nitrogens with one attached hydrogen (secondary N) is 8. The summed E-state index contributed by atoms with van der Waals surface area (Å²) >= 11 is 2.52. The lowest BCUT2D eigenvalue weighted by atomic mass is 10.1. The molecule has 9 N–H and O–H groups in total. The predicted octanol–water partition coefficient (Wildman–Crippen LogP) is 5.86. The Morgan fingerprint density at radius 1 is 0.592 bits per heavy atom. The minimum Gasteiger partial charge on any atom is -0.480 e. The van der Waals surface area contributed by atoms with E-state index in [1.807, 2.05) is 36.7 Å². The molecule has 396 valence electrons. The molecule has 24 heteroatoms. The summed E-state index contributed by atoms with van der Waals surface area (Å²) in [6.07, 6.45) is 7.06. The van der Waals surface area contributed by atoms with Gasteiger partial charge in [0, 0.05) is 37.0 Å². The Balaban J connectivity index is 0.000000221. The summed E-state index contributed by atoms with van der Waals surface area (Å²) in [6, 6.07) is 16.6. The lowest BCUT2D eigenvalue weighted by Gasteiger charge is -2.19. The first-order valence-electron chi connectivity index (χ1n) is 24.3. The number of rotatable bonds is 23. The van der Waals surface area contributed by atoms with E-state index >= 15 is 0 Å². The van der Waals surface area contributed by atoms with E-state index in [2.05, 4.69) is 84.4 Å². The van der Waals surface area contributed by atoms with E-state index in [9.17, 15) is 33.9 Å². The number of thiophene rings is 2. The van der Waals surface area contributed by atoms with Gasteiger partial charge in [0.25, 0.3) is 23.6 Å². The molecule has 6 aromatic heterocycles. The number of esters is 1. The Morgan fingerprint density at radius 2 is 1.03 bits per heavy atom. The first kappa shape index (κ1) is 55.1. The molecule has 0 bridgehead atoms. The highest BCUT2D eigenvalue weighted by Gasteiger charge is 2.27. The molecule has 0 saturated heterocycles. The van der Waals surface area contributed by atoms with Gasteiger partial charge in [-0.15, -0.1) is 22.7 Å². The molecule has 8 aromatic rings. The van der Waals surface area contributed by atoms with E-state index in [1.54, 1.807) is 69.6 Å². The number of aromatic nitrogens is 8. The number of carboxylic acid groups (broad SMARTS) is 1. The summed E-state index contributed by atoms with van der Waals surface area (Å²) in [6.45, 7) is 9.48. The normalized spacial score (nSPS) is 11.7. The van der Waals surface area contributed by atoms with Crippen LogP contribution in [0.25, 0.3) is 21.8 Å². The largest absolute Gasteiger partial charge is 0.480 e. The SMILES string of the molecule is CCOC(=O)[C@H](CNC(=O)c1cccs1)NC(=O)c1c(C)nc(NCCCc2cccc3[nH]ncc23)nc1C.Cc1nc(NCCCc2cccc3[nH]ncc23)nc(C)c1C(=O)N[C@@H](CNC(=O)c1cccs1)C(=O)O. The smallest absolute Gasteiger partial charge is 0.330 e. The number of anilines is 2. The molecule has 4 amide bonds. The first-order chi connectivity index (χ1) is 36.7. The Morgan fingerprint density at radius 3 is 1.43 bits per heavy atom. The van der Waals surface area contributed by atoms with Crippen molar-refractivity contribution in [2.45, 2.75) is 72.4 Å². The lowest BCUT2D eigenvalue weighted by molar-refractivity contribution is -0.145. The second-order valence-electron chi connectivity index (χ2n) is 17.3. The van der Waals surface area contributed by atoms with Crippen molar-refractivity contribution in [3.8, 4) is 0 Å². The fraction of sp³-hybridized carbons (Fsp3) is 0.308. The maximum atomic E-state index is 13.2. The number of amides is 4. The predicted molar refractivity (Wildman–Crippen MR) is 289 cm³/mol. The second-order valence-corrected chi connectivity index (χ2v) is 19.2. The van der Waals surface area contributed by atoms with Crippen LogP contribution in [0.2, 0.25) is 0 Å². The number of aliphatic carboxylic acids is 1. The number of carboxylic acids is 1. The van der Waals surface area contributed by atoms with Gasteiger partial charge in [0.05, 0.1) is 73.7 Å². The fourth-order valence-electron chi connectivity index (χ4n) is 8.18. The van der Waals surface area contributed by atoms with Gasteiger partial charge in [-0.25, -0.2) is 29.5 Å². The van der Waals surface area contributed by atoms with Crippen LogP contribution in [0.1, 0.15) is 93.7 Å². The maximum absolute atomic E-state index is 13.2. The first-order valence-corrected chi connectivity index (χ1v) is 26.1. The summed E-state index contributed by atoms with van der Waals surface area (Å²) in [5, 5.41) is 46.2. The zero-order valence-electron chi connectivity index (χ0n) is 42.4. The molecular weight excluding hydrogens is 1010 g/mol. The zero-order chi connectivity index (χ0) is 54.1. The summed E-state index contributed by atoms with van der Waals surface area (Å²) in [4.78, 5) is 93.3. The Bertz CT molecular complexity index is 3260. The van der Waals surface area contributed by atoms with E-state index in [0.717, 1.165) is 47.5 Å². The van der Waals surface area contributed by atoms with E-state index < -0.39 is 41.7 Å². The van der Waals surface area contributed by atoms with Crippen LogP contribution < -0.4 is 31.9 Å². The van der Waals surface area contributed by atoms with E-state index in [4.69, 9.17) is 4.74 Å². The van der Waals surface area contributed by atoms with Crippen molar-refractivity contribution < 1.29 is 38.6 Å². The average Bonchev–Trinajstić information content (AvgIpc) is 4.26. The fourth-order valence-corrected chi connectivity index (χ4v) is 9.46. The number of benzene rings is 2. The third-order valence-electron chi connectivity index (χ3n) is 11.9. The summed E-state index contributed by atoms with van der Waals surface area (Å²) in [7, 11) is 0. The van der Waals surface area contributed by atoms with Crippen molar-refractivity contribution in [3.63, 3.8) is 0 Å². The molecule has 8 rings (SSSR count). The van der Waals surface area contributed by atoms with Crippen LogP contribution in [0.5, 0.6) is 0 Å². The molecule has 0 fully saturated rings. The second kappa shape index (κ2) is 26.5. The zero-order valence-corrected chi connectivity index (χ0v) is 44.0. The van der Waals surface area contributed by atoms with Gasteiger partial charge in [-0.2, -0.15) is 10.2 Å². The molecular formula is C52H58N14O8S2. The molecule has 76 heavy (non-hydrogen) atoms. The van der Waals surface area contributed by atoms with Gasteiger partial charge in [-0.1, -0.05) is 36.4 Å². The number of hydrogen-bond acceptors (Lipinski definition) is 17. The van der Waals surface area contributed by atoms with Crippen molar-refractivity contribution in [3.05, 3.63) is 139 Å². The van der Waals surface area contributed by atoms with Crippen LogP contribution in [-0.4, -0.2) is 126 Å². The van der Waals surface area contributed by atoms with Crippen LogP contribution in [-0.2, 0) is 27.2 Å². The Labute approximate surface area is 444 Å². The number of aromatic amines is 2. The Kier molecular flexibility index (Phi) is 19.2. The summed E-state index contributed by atoms with van der Waals surface area (Å²) < 4.78 is 5.10. The molecule has 2 aromatic carbocycles. The lowest BCUT2D eigenvalue weighted by Crippen LogP contribution is -2.49. The number of H-pyrrole nitrogens is 2. The molecule has 0 aliphatic rings. The monoisotopic (exact) mass is 1070 g/mol. The molecule has 0 unspecified atom stereocenters. The Hall–Kier alpha value is -8.64. The number of carbonyl (C=O) groups is 6. The number of aryl methyl sites for hydroxylation is 6. The third kappa shape index (κ3) is 14.6. The van der Waals surface area contributed by atoms with Crippen molar-refractivity contribution in [2.75, 3.05) is 43.4 Å². The molecule has 0 aliphatic heterocycles. The maximum Gasteiger partial charge on any atom is 0.330 e. The highest BCUT2D eigenvalue weighted by molar-refractivity contribution is 7.12. The highest BCUT2D eigenvalue weighted by atomic mass is 32.1. The van der Waals surface area contributed by atoms with Crippen molar-refractivity contribution in [2.24, 2.45) is 0 Å². The van der Waals surface area contributed by atoms with Gasteiger partial charge in [0.15, 0.2) is 0 Å². The minimum atomic E-state index is -1.31. The quantitative estimate of drug-likeness (QED) is 0.0268. The molecule has 2 atom stereocenters. The van der Waals surface area contributed by atoms with E-state index in [-0.39, 0.29) is 36.7 Å². The number of carbonyl (C=O) groups excluding carboxylic acids is 5. The van der Waals surface area contributed by atoms with Crippen LogP contribution in [0.15, 0.2) is 83.8 Å². The van der Waals surface area contributed by atoms with Gasteiger partial charge in [0.1, 0.15) is 12.1 Å². The molecule has 0 saturated carbocycles. The van der Waals surface area contributed by atoms with Gasteiger partial charge in [0.2, 0.25) is 11.9 Å². The standard InChI is InChI=1S/C27H31N7O4S.C25H27N7O4S/c1-4-38-26(37)21(15-29-24(35)22-11-7-13-39-22)33-25(36)23-16(2)31-27(32-17(23)3)28-12-6-9-18-8-5-10-20-19(18)14-30-34-20;1-14-21(23(34)31-19(24(35)36)13-27-22(33)20-9-5-11-37-20)15(2)30-25(29-14)26-10-4-7-16-6-3-8-18-17(16)12-28-32-18/h5,7-8,10-11,13-14,21H,4,6,9,12,15H2,1-3H3,(H,29,35)(H,30,34)(H,33,36)(H,28,31,32);3,5-6,8-9,11-12,19H,4,7,10,13H2,1-2H3,(H,27,33)(H,28,32)(H,31,34)(H,35,36)(H,26,29,30)/t21-;19-/m00/s1. The molecule has 22 nitrogen and oxygen atoms in total. The minimum absolute atomic E-state index is 0.119. The third-order valence-corrected chi connectivity index (χ3v) is 13.6. The molecule has 0 spiro atoms. The summed E-state index contributed by atoms with van der Waals surface area (Å²) in [5.74, 6) is -2.96. The topological polar surface area (TPSA) is 313 Å². The average molecular weight is 1070 g/mol. The van der Waals surface area contributed by atoms with Crippen LogP contribution in [0, 0.1) is 27.7 Å². The van der Waals surface area contributed by atoms with Crippen LogP contribution >= 0.6 is 22.7 Å². The summed E-state index contributed by atoms with van der Waals surface area (Å²) in [5.41, 5.74) is 6.68. The van der Waals surface area contributed by atoms with E-state index in [1.165, 1.54) is 33.8 Å². The van der Waals surface area contributed by atoms with Crippen molar-refractivity contribution >= 4 is 91.9 Å². The van der Waals surface area contributed by atoms with Gasteiger partial charge < -0.3 is 41.7 Å². The van der Waals surface area contributed by atoms with Gasteiger partial charge in [-0.3, -0.25) is 29.4 Å². The van der Waals surface area contributed by atoms with Crippen LogP contribution in [0.3, 0.4) is 0 Å². The number of nitrogens with zero attached hydrogens (tertiary/aromatic N) is 6. The van der Waals surface area contributed by atoms with Crippen molar-refractivity contribution in [1.29, 1.82) is 0 Å². The molecule has 0 radical (unpaired) electrons. The number of hydrogen-bond donors (Lipinski definition) is 9. The van der Waals surface area contributed by atoms with Crippen molar-refractivity contribution in [1.82, 2.24) is 61.6 Å². The van der Waals surface area contributed by atoms with Crippen LogP contribution in [0.4, 0.5) is 11.9 Å². The molecule has 0 aliphatic carbocycles. The number of fused-ring (bicyclic) bond motifs is 2. The highest BCUT2D eigenvalue weighted by Crippen LogP contribution is 2.20. The van der Waals surface area contributed by atoms with Gasteiger partial charge >= 0.3 is 11.9 Å². The van der Waals surface area contributed by atoms with Gasteiger partial charge in [-0.05, 0) is 106 Å². The number of ether oxygens (including phenoxy) is 1. The molecule has 6 heterocycles. The van der Waals surface area contributed by atoms with E-state index in [0.29, 0.717) is 57.5 Å².